The summed E-state index contributed by atoms with van der Waals surface area (Å²) in [5, 5.41) is 0. The zero-order chi connectivity index (χ0) is 15.8. The van der Waals surface area contributed by atoms with Crippen molar-refractivity contribution in [3.8, 4) is 0 Å². The number of nitrogens with zero attached hydrogens (tertiary/aromatic N) is 2. The van der Waals surface area contributed by atoms with E-state index in [1.165, 1.54) is 32.1 Å². The maximum atomic E-state index is 11.5. The number of carbonyl (C=O) groups is 1. The number of primary amides is 1. The van der Waals surface area contributed by atoms with Gasteiger partial charge in [-0.3, -0.25) is 4.79 Å². The molecule has 1 saturated carbocycles. The van der Waals surface area contributed by atoms with Gasteiger partial charge in [-0.05, 0) is 37.1 Å². The van der Waals surface area contributed by atoms with E-state index in [-0.39, 0.29) is 5.92 Å². The van der Waals surface area contributed by atoms with Gasteiger partial charge in [-0.2, -0.15) is 0 Å². The number of benzene rings is 1. The van der Waals surface area contributed by atoms with Gasteiger partial charge in [0.1, 0.15) is 12.4 Å². The summed E-state index contributed by atoms with van der Waals surface area (Å²) in [5.41, 5.74) is 7.86. The fourth-order valence-electron chi connectivity index (χ4n) is 3.78. The summed E-state index contributed by atoms with van der Waals surface area (Å²) in [6, 6.07) is 6.08. The Morgan fingerprint density at radius 3 is 2.78 bits per heavy atom. The highest BCUT2D eigenvalue weighted by Crippen LogP contribution is 2.36. The molecule has 5 nitrogen and oxygen atoms in total. The normalized spacial score (nSPS) is 21.7. The lowest BCUT2D eigenvalue weighted by molar-refractivity contribution is 0.100. The third kappa shape index (κ3) is 2.50. The van der Waals surface area contributed by atoms with Crippen LogP contribution in [0.1, 0.15) is 60.2 Å². The lowest BCUT2D eigenvalue weighted by atomic mass is 9.94. The Bertz CT molecular complexity index is 772. The van der Waals surface area contributed by atoms with Crippen molar-refractivity contribution in [1.29, 1.82) is 0 Å². The van der Waals surface area contributed by atoms with Crippen molar-refractivity contribution >= 4 is 16.9 Å². The second-order valence-electron chi connectivity index (χ2n) is 6.47. The molecule has 2 heterocycles. The molecule has 5 heteroatoms. The van der Waals surface area contributed by atoms with E-state index in [9.17, 15) is 4.79 Å². The standard InChI is InChI=1S/C18H21N3O2/c19-17(22)12-6-7-16-15(10-12)20-18(13-8-9-23-11-13)21(16)14-4-2-1-3-5-14/h6-10,13-14H,1-5,11H2,(H2,19,22). The van der Waals surface area contributed by atoms with Gasteiger partial charge in [0.25, 0.3) is 0 Å². The van der Waals surface area contributed by atoms with Gasteiger partial charge in [-0.25, -0.2) is 4.98 Å². The lowest BCUT2D eigenvalue weighted by Gasteiger charge is -2.26. The van der Waals surface area contributed by atoms with E-state index in [1.807, 2.05) is 6.07 Å². The molecule has 1 aliphatic carbocycles. The highest BCUT2D eigenvalue weighted by atomic mass is 16.5. The number of nitrogens with two attached hydrogens (primary N) is 1. The van der Waals surface area contributed by atoms with Crippen molar-refractivity contribution in [2.24, 2.45) is 5.73 Å². The van der Waals surface area contributed by atoms with Crippen molar-refractivity contribution in [2.45, 2.75) is 44.1 Å². The molecule has 0 spiro atoms. The first-order valence-electron chi connectivity index (χ1n) is 8.34. The van der Waals surface area contributed by atoms with Gasteiger partial charge in [-0.1, -0.05) is 19.3 Å². The summed E-state index contributed by atoms with van der Waals surface area (Å²) in [6.45, 7) is 0.638. The van der Waals surface area contributed by atoms with Crippen molar-refractivity contribution in [3.63, 3.8) is 0 Å². The average molecular weight is 311 g/mol. The van der Waals surface area contributed by atoms with Crippen molar-refractivity contribution < 1.29 is 9.53 Å². The Morgan fingerprint density at radius 2 is 2.09 bits per heavy atom. The predicted molar refractivity (Wildman–Crippen MR) is 88.2 cm³/mol. The first kappa shape index (κ1) is 14.3. The molecule has 2 aromatic rings. The molecule has 1 unspecified atom stereocenters. The molecule has 1 amide bonds. The molecule has 120 valence electrons. The molecule has 2 aliphatic rings. The number of hydrogen-bond donors (Lipinski definition) is 1. The van der Waals surface area contributed by atoms with E-state index < -0.39 is 5.91 Å². The number of rotatable bonds is 3. The van der Waals surface area contributed by atoms with E-state index >= 15 is 0 Å². The Morgan fingerprint density at radius 1 is 1.26 bits per heavy atom. The molecular formula is C18H21N3O2. The summed E-state index contributed by atoms with van der Waals surface area (Å²) >= 11 is 0. The first-order chi connectivity index (χ1) is 11.2. The van der Waals surface area contributed by atoms with Crippen LogP contribution < -0.4 is 5.73 Å². The molecule has 4 rings (SSSR count). The van der Waals surface area contributed by atoms with Gasteiger partial charge < -0.3 is 15.0 Å². The van der Waals surface area contributed by atoms with Crippen LogP contribution in [0.3, 0.4) is 0 Å². The van der Waals surface area contributed by atoms with E-state index in [4.69, 9.17) is 15.5 Å². The van der Waals surface area contributed by atoms with Crippen LogP contribution in [0.25, 0.3) is 11.0 Å². The van der Waals surface area contributed by atoms with Crippen LogP contribution in [0.2, 0.25) is 0 Å². The summed E-state index contributed by atoms with van der Waals surface area (Å²) in [4.78, 5) is 16.3. The number of hydrogen-bond acceptors (Lipinski definition) is 3. The molecule has 2 N–H and O–H groups in total. The molecule has 1 aromatic carbocycles. The maximum Gasteiger partial charge on any atom is 0.248 e. The van der Waals surface area contributed by atoms with Crippen LogP contribution in [0.15, 0.2) is 30.5 Å². The number of amides is 1. The van der Waals surface area contributed by atoms with Crippen LogP contribution in [0.5, 0.6) is 0 Å². The zero-order valence-electron chi connectivity index (χ0n) is 13.1. The predicted octanol–water partition coefficient (Wildman–Crippen LogP) is 3.27. The van der Waals surface area contributed by atoms with Gasteiger partial charge in [0, 0.05) is 11.6 Å². The third-order valence-electron chi connectivity index (χ3n) is 4.96. The molecule has 1 fully saturated rings. The summed E-state index contributed by atoms with van der Waals surface area (Å²) in [7, 11) is 0. The lowest BCUT2D eigenvalue weighted by Crippen LogP contribution is -2.17. The minimum absolute atomic E-state index is 0.182. The molecule has 1 atom stereocenters. The number of imidazole rings is 1. The largest absolute Gasteiger partial charge is 0.500 e. The van der Waals surface area contributed by atoms with Crippen molar-refractivity contribution in [1.82, 2.24) is 9.55 Å². The fraction of sp³-hybridized carbons (Fsp3) is 0.444. The van der Waals surface area contributed by atoms with E-state index in [2.05, 4.69) is 10.6 Å². The summed E-state index contributed by atoms with van der Waals surface area (Å²) in [6.07, 6.45) is 10.0. The van der Waals surface area contributed by atoms with Gasteiger partial charge in [0.05, 0.1) is 23.2 Å². The fourth-order valence-corrected chi connectivity index (χ4v) is 3.78. The van der Waals surface area contributed by atoms with Gasteiger partial charge in [0.15, 0.2) is 0 Å². The summed E-state index contributed by atoms with van der Waals surface area (Å²) in [5.74, 6) is 0.813. The SMILES string of the molecule is NC(=O)c1ccc2c(c1)nc(C1C=COC1)n2C1CCCCC1. The highest BCUT2D eigenvalue weighted by molar-refractivity contribution is 5.96. The zero-order valence-corrected chi connectivity index (χ0v) is 13.1. The molecular weight excluding hydrogens is 290 g/mol. The van der Waals surface area contributed by atoms with Crippen LogP contribution >= 0.6 is 0 Å². The van der Waals surface area contributed by atoms with Gasteiger partial charge >= 0.3 is 0 Å². The van der Waals surface area contributed by atoms with Crippen LogP contribution in [0, 0.1) is 0 Å². The minimum atomic E-state index is -0.412. The van der Waals surface area contributed by atoms with Crippen LogP contribution in [-0.4, -0.2) is 22.1 Å². The topological polar surface area (TPSA) is 70.1 Å². The number of carbonyl (C=O) groups excluding carboxylic acids is 1. The van der Waals surface area contributed by atoms with Crippen LogP contribution in [-0.2, 0) is 4.74 Å². The van der Waals surface area contributed by atoms with Crippen molar-refractivity contribution in [2.75, 3.05) is 6.61 Å². The maximum absolute atomic E-state index is 11.5. The molecule has 0 bridgehead atoms. The number of fused-ring (bicyclic) bond motifs is 1. The van der Waals surface area contributed by atoms with Gasteiger partial charge in [-0.15, -0.1) is 0 Å². The second-order valence-corrected chi connectivity index (χ2v) is 6.47. The second kappa shape index (κ2) is 5.72. The Balaban J connectivity index is 1.86. The molecule has 23 heavy (non-hydrogen) atoms. The van der Waals surface area contributed by atoms with Gasteiger partial charge in [0.2, 0.25) is 5.91 Å². The number of ether oxygens (including phenoxy) is 1. The molecule has 0 saturated heterocycles. The monoisotopic (exact) mass is 311 g/mol. The quantitative estimate of drug-likeness (QED) is 0.945. The summed E-state index contributed by atoms with van der Waals surface area (Å²) < 4.78 is 7.78. The van der Waals surface area contributed by atoms with E-state index in [1.54, 1.807) is 18.4 Å². The average Bonchev–Trinajstić information content (AvgIpc) is 3.22. The highest BCUT2D eigenvalue weighted by Gasteiger charge is 2.26. The Labute approximate surface area is 135 Å². The minimum Gasteiger partial charge on any atom is -0.500 e. The smallest absolute Gasteiger partial charge is 0.248 e. The van der Waals surface area contributed by atoms with E-state index in [0.29, 0.717) is 18.2 Å². The Hall–Kier alpha value is -2.30. The Kier molecular flexibility index (Phi) is 3.56. The first-order valence-corrected chi connectivity index (χ1v) is 8.34. The van der Waals surface area contributed by atoms with Crippen LogP contribution in [0.4, 0.5) is 0 Å². The molecule has 0 radical (unpaired) electrons. The molecule has 1 aromatic heterocycles. The number of aromatic nitrogens is 2. The molecule has 1 aliphatic heterocycles. The van der Waals surface area contributed by atoms with E-state index in [0.717, 1.165) is 16.9 Å². The van der Waals surface area contributed by atoms with Crippen molar-refractivity contribution in [3.05, 3.63) is 41.9 Å². The third-order valence-corrected chi connectivity index (χ3v) is 4.96.